The van der Waals surface area contributed by atoms with Crippen LogP contribution < -0.4 is 0 Å². The minimum absolute atomic E-state index is 0.143. The maximum absolute atomic E-state index is 12.6. The molecule has 1 unspecified atom stereocenters. The summed E-state index contributed by atoms with van der Waals surface area (Å²) >= 11 is 0. The summed E-state index contributed by atoms with van der Waals surface area (Å²) in [5.41, 5.74) is 0. The lowest BCUT2D eigenvalue weighted by molar-refractivity contribution is -0.161. The van der Waals surface area contributed by atoms with Crippen LogP contribution in [0.25, 0.3) is 0 Å². The fraction of sp³-hybridized carbons (Fsp3) is 0.833. The van der Waals surface area contributed by atoms with Crippen LogP contribution >= 0.6 is 7.82 Å². The van der Waals surface area contributed by atoms with Crippen molar-refractivity contribution < 1.29 is 47.8 Å². The quantitative estimate of drug-likeness (QED) is 0.0234. The molecule has 59 heavy (non-hydrogen) atoms. The van der Waals surface area contributed by atoms with Crippen molar-refractivity contribution in [3.63, 3.8) is 0 Å². The van der Waals surface area contributed by atoms with Crippen LogP contribution in [-0.2, 0) is 32.7 Å². The fourth-order valence-corrected chi connectivity index (χ4v) is 7.34. The Kier molecular flexibility index (Phi) is 42.9. The molecule has 0 aromatic rings. The van der Waals surface area contributed by atoms with Crippen molar-refractivity contribution >= 4 is 19.8 Å². The summed E-state index contributed by atoms with van der Waals surface area (Å²) in [6, 6.07) is 0. The number of carbonyl (C=O) groups is 2. The van der Waals surface area contributed by atoms with E-state index in [1.807, 2.05) is 0 Å². The van der Waals surface area contributed by atoms with Gasteiger partial charge in [-0.3, -0.25) is 18.6 Å². The Morgan fingerprint density at radius 2 is 0.881 bits per heavy atom. The second kappa shape index (κ2) is 44.3. The molecule has 0 aliphatic rings. The lowest BCUT2D eigenvalue weighted by Gasteiger charge is -2.20. The molecular formula is C48H89O10P. The standard InChI is InChI=1S/C48H89O10P/c1-3-5-7-9-11-13-15-17-19-20-21-22-23-24-26-27-29-31-33-35-37-39-47(51)55-43-46(44-57-59(53,54)56-42-45(50)41-49)58-48(52)40-38-36-34-32-30-28-25-18-16-14-12-10-8-6-4-2/h17-19,25,30,32,45-46,49-50H,3-16,20-24,26-29,31,33-44H2,1-2H3,(H,53,54)/b19-17+,25-18+,32-30+/t45-,46+/m1/s1. The number of hydrogen-bond acceptors (Lipinski definition) is 9. The first-order chi connectivity index (χ1) is 28.7. The molecule has 11 heteroatoms. The highest BCUT2D eigenvalue weighted by Gasteiger charge is 2.27. The van der Waals surface area contributed by atoms with Gasteiger partial charge in [0.15, 0.2) is 6.10 Å². The van der Waals surface area contributed by atoms with Crippen LogP contribution in [0.4, 0.5) is 0 Å². The maximum Gasteiger partial charge on any atom is 0.472 e. The van der Waals surface area contributed by atoms with Gasteiger partial charge in [-0.15, -0.1) is 0 Å². The molecule has 0 amide bonds. The van der Waals surface area contributed by atoms with Gasteiger partial charge in [-0.1, -0.05) is 172 Å². The first-order valence-corrected chi connectivity index (χ1v) is 25.4. The molecule has 0 aromatic carbocycles. The molecule has 10 nitrogen and oxygen atoms in total. The van der Waals surface area contributed by atoms with Crippen molar-refractivity contribution in [2.45, 2.75) is 232 Å². The van der Waals surface area contributed by atoms with Gasteiger partial charge >= 0.3 is 19.8 Å². The first-order valence-electron chi connectivity index (χ1n) is 23.9. The van der Waals surface area contributed by atoms with E-state index in [9.17, 15) is 24.2 Å². The molecule has 0 fully saturated rings. The van der Waals surface area contributed by atoms with Gasteiger partial charge in [-0.25, -0.2) is 4.57 Å². The largest absolute Gasteiger partial charge is 0.472 e. The minimum Gasteiger partial charge on any atom is -0.462 e. The van der Waals surface area contributed by atoms with Crippen LogP contribution in [0.5, 0.6) is 0 Å². The Morgan fingerprint density at radius 3 is 1.36 bits per heavy atom. The molecule has 0 radical (unpaired) electrons. The van der Waals surface area contributed by atoms with E-state index >= 15 is 0 Å². The Balaban J connectivity index is 4.23. The van der Waals surface area contributed by atoms with Crippen LogP contribution in [0.15, 0.2) is 36.5 Å². The van der Waals surface area contributed by atoms with Crippen LogP contribution in [0.1, 0.15) is 219 Å². The molecule has 0 saturated carbocycles. The zero-order valence-corrected chi connectivity index (χ0v) is 38.6. The number of rotatable bonds is 45. The SMILES string of the molecule is CCCCCCCC/C=C/C/C=C/CCCCC(=O)O[C@@H](COC(=O)CCCCCCCCCCCCC/C=C/CCCCCCCC)COP(=O)(O)OC[C@H](O)CO. The smallest absolute Gasteiger partial charge is 0.462 e. The van der Waals surface area contributed by atoms with E-state index in [4.69, 9.17) is 23.6 Å². The Labute approximate surface area is 361 Å². The van der Waals surface area contributed by atoms with Gasteiger partial charge in [-0.05, 0) is 70.6 Å². The van der Waals surface area contributed by atoms with E-state index < -0.39 is 51.8 Å². The first kappa shape index (κ1) is 57.2. The van der Waals surface area contributed by atoms with E-state index in [1.165, 1.54) is 135 Å². The predicted octanol–water partition coefficient (Wildman–Crippen LogP) is 13.1. The van der Waals surface area contributed by atoms with Gasteiger partial charge in [0.25, 0.3) is 0 Å². The van der Waals surface area contributed by atoms with Crippen LogP contribution in [0.3, 0.4) is 0 Å². The van der Waals surface area contributed by atoms with E-state index in [0.29, 0.717) is 12.8 Å². The van der Waals surface area contributed by atoms with Crippen molar-refractivity contribution in [3.05, 3.63) is 36.5 Å². The molecule has 346 valence electrons. The zero-order chi connectivity index (χ0) is 43.3. The average molecular weight is 857 g/mol. The Hall–Kier alpha value is -1.81. The number of hydrogen-bond donors (Lipinski definition) is 3. The Morgan fingerprint density at radius 1 is 0.508 bits per heavy atom. The summed E-state index contributed by atoms with van der Waals surface area (Å²) in [6.07, 6.45) is 46.9. The summed E-state index contributed by atoms with van der Waals surface area (Å²) in [5, 5.41) is 18.4. The van der Waals surface area contributed by atoms with Gasteiger partial charge in [0.1, 0.15) is 12.7 Å². The highest BCUT2D eigenvalue weighted by atomic mass is 31.2. The topological polar surface area (TPSA) is 149 Å². The molecule has 0 rings (SSSR count). The number of phosphoric acid groups is 1. The molecule has 0 aliphatic heterocycles. The monoisotopic (exact) mass is 857 g/mol. The van der Waals surface area contributed by atoms with Gasteiger partial charge < -0.3 is 24.6 Å². The lowest BCUT2D eigenvalue weighted by atomic mass is 10.0. The summed E-state index contributed by atoms with van der Waals surface area (Å²) in [7, 11) is -4.63. The number of ether oxygens (including phenoxy) is 2. The summed E-state index contributed by atoms with van der Waals surface area (Å²) < 4.78 is 32.7. The zero-order valence-electron chi connectivity index (χ0n) is 37.7. The summed E-state index contributed by atoms with van der Waals surface area (Å²) in [5.74, 6) is -0.958. The van der Waals surface area contributed by atoms with E-state index in [1.54, 1.807) is 0 Å². The highest BCUT2D eigenvalue weighted by molar-refractivity contribution is 7.47. The fourth-order valence-electron chi connectivity index (χ4n) is 6.55. The molecule has 0 bridgehead atoms. The van der Waals surface area contributed by atoms with E-state index in [-0.39, 0.29) is 19.4 Å². The third-order valence-corrected chi connectivity index (χ3v) is 11.2. The average Bonchev–Trinajstić information content (AvgIpc) is 3.22. The number of allylic oxidation sites excluding steroid dienone is 6. The molecule has 0 aromatic heterocycles. The second-order valence-electron chi connectivity index (χ2n) is 16.1. The van der Waals surface area contributed by atoms with Crippen molar-refractivity contribution in [2.75, 3.05) is 26.4 Å². The number of esters is 2. The molecular weight excluding hydrogens is 767 g/mol. The van der Waals surface area contributed by atoms with Crippen LogP contribution in [0.2, 0.25) is 0 Å². The minimum atomic E-state index is -4.63. The molecule has 3 N–H and O–H groups in total. The highest BCUT2D eigenvalue weighted by Crippen LogP contribution is 2.43. The lowest BCUT2D eigenvalue weighted by Crippen LogP contribution is -2.29. The third kappa shape index (κ3) is 44.1. The molecule has 0 aliphatic carbocycles. The molecule has 0 spiro atoms. The number of aliphatic hydroxyl groups excluding tert-OH is 2. The van der Waals surface area contributed by atoms with E-state index in [0.717, 1.165) is 44.9 Å². The van der Waals surface area contributed by atoms with Crippen molar-refractivity contribution in [1.82, 2.24) is 0 Å². The van der Waals surface area contributed by atoms with Crippen LogP contribution in [-0.4, -0.2) is 65.7 Å². The summed E-state index contributed by atoms with van der Waals surface area (Å²) in [4.78, 5) is 35.1. The number of aliphatic hydroxyl groups is 2. The van der Waals surface area contributed by atoms with Crippen molar-refractivity contribution in [2.24, 2.45) is 0 Å². The normalized spacial score (nSPS) is 14.1. The number of carbonyl (C=O) groups excluding carboxylic acids is 2. The molecule has 0 saturated heterocycles. The maximum atomic E-state index is 12.6. The molecule has 3 atom stereocenters. The van der Waals surface area contributed by atoms with Gasteiger partial charge in [0.2, 0.25) is 0 Å². The Bertz CT molecular complexity index is 1080. The van der Waals surface area contributed by atoms with E-state index in [2.05, 4.69) is 50.3 Å². The van der Waals surface area contributed by atoms with Crippen molar-refractivity contribution in [3.8, 4) is 0 Å². The second-order valence-corrected chi connectivity index (χ2v) is 17.6. The van der Waals surface area contributed by atoms with Gasteiger partial charge in [0.05, 0.1) is 19.8 Å². The van der Waals surface area contributed by atoms with Crippen LogP contribution in [0, 0.1) is 0 Å². The van der Waals surface area contributed by atoms with Gasteiger partial charge in [0, 0.05) is 12.8 Å². The number of phosphoric ester groups is 1. The third-order valence-electron chi connectivity index (χ3n) is 10.3. The van der Waals surface area contributed by atoms with Gasteiger partial charge in [-0.2, -0.15) is 0 Å². The number of unbranched alkanes of at least 4 members (excludes halogenated alkanes) is 25. The summed E-state index contributed by atoms with van der Waals surface area (Å²) in [6.45, 7) is 2.35. The predicted molar refractivity (Wildman–Crippen MR) is 242 cm³/mol. The molecule has 0 heterocycles. The van der Waals surface area contributed by atoms with Crippen molar-refractivity contribution in [1.29, 1.82) is 0 Å².